The number of aryl methyl sites for hydroxylation is 1. The third-order valence-corrected chi connectivity index (χ3v) is 2.93. The first kappa shape index (κ1) is 15.3. The highest BCUT2D eigenvalue weighted by molar-refractivity contribution is 5.95. The standard InChI is InChI=1S/C14H22N2O3/c1-9-6-13(19-5)11(8-12(9)18-4)16(3)14(17)7-10(2)15/h6,8,10H,7,15H2,1-5H3. The second-order valence-corrected chi connectivity index (χ2v) is 4.63. The van der Waals surface area contributed by atoms with E-state index in [0.29, 0.717) is 11.4 Å². The van der Waals surface area contributed by atoms with E-state index >= 15 is 0 Å². The Balaban J connectivity index is 3.13. The average molecular weight is 266 g/mol. The molecular weight excluding hydrogens is 244 g/mol. The topological polar surface area (TPSA) is 64.8 Å². The normalized spacial score (nSPS) is 11.9. The zero-order chi connectivity index (χ0) is 14.6. The lowest BCUT2D eigenvalue weighted by Gasteiger charge is -2.22. The van der Waals surface area contributed by atoms with Crippen LogP contribution in [-0.4, -0.2) is 33.2 Å². The number of ether oxygens (including phenoxy) is 2. The lowest BCUT2D eigenvalue weighted by molar-refractivity contribution is -0.118. The maximum absolute atomic E-state index is 12.1. The molecule has 0 aromatic heterocycles. The Labute approximate surface area is 114 Å². The summed E-state index contributed by atoms with van der Waals surface area (Å²) in [7, 11) is 4.88. The first-order valence-electron chi connectivity index (χ1n) is 6.15. The van der Waals surface area contributed by atoms with Gasteiger partial charge in [0.2, 0.25) is 5.91 Å². The fourth-order valence-corrected chi connectivity index (χ4v) is 1.84. The minimum Gasteiger partial charge on any atom is -0.496 e. The number of methoxy groups -OCH3 is 2. The molecule has 0 bridgehead atoms. The molecule has 0 spiro atoms. The predicted octanol–water partition coefficient (Wildman–Crippen LogP) is 1.71. The number of hydrogen-bond acceptors (Lipinski definition) is 4. The number of nitrogens with zero attached hydrogens (tertiary/aromatic N) is 1. The first-order chi connectivity index (χ1) is 8.90. The molecule has 1 rings (SSSR count). The number of carbonyl (C=O) groups excluding carboxylic acids is 1. The van der Waals surface area contributed by atoms with Gasteiger partial charge in [0.15, 0.2) is 0 Å². The Morgan fingerprint density at radius 3 is 2.37 bits per heavy atom. The summed E-state index contributed by atoms with van der Waals surface area (Å²) >= 11 is 0. The Morgan fingerprint density at radius 2 is 1.89 bits per heavy atom. The van der Waals surface area contributed by atoms with Gasteiger partial charge in [0.1, 0.15) is 11.5 Å². The minimum absolute atomic E-state index is 0.0563. The van der Waals surface area contributed by atoms with Crippen LogP contribution in [0.15, 0.2) is 12.1 Å². The van der Waals surface area contributed by atoms with Crippen LogP contribution in [0.2, 0.25) is 0 Å². The van der Waals surface area contributed by atoms with Crippen LogP contribution in [0, 0.1) is 6.92 Å². The Bertz CT molecular complexity index is 458. The van der Waals surface area contributed by atoms with Crippen molar-refractivity contribution in [3.8, 4) is 11.5 Å². The van der Waals surface area contributed by atoms with E-state index in [0.717, 1.165) is 11.3 Å². The Hall–Kier alpha value is -1.75. The molecule has 0 radical (unpaired) electrons. The summed E-state index contributed by atoms with van der Waals surface area (Å²) in [6.45, 7) is 3.73. The monoisotopic (exact) mass is 266 g/mol. The number of amides is 1. The second-order valence-electron chi connectivity index (χ2n) is 4.63. The van der Waals surface area contributed by atoms with Gasteiger partial charge in [0, 0.05) is 25.6 Å². The van der Waals surface area contributed by atoms with Gasteiger partial charge in [0.05, 0.1) is 19.9 Å². The molecule has 5 heteroatoms. The molecule has 0 fully saturated rings. The molecule has 1 amide bonds. The van der Waals surface area contributed by atoms with Crippen molar-refractivity contribution < 1.29 is 14.3 Å². The summed E-state index contributed by atoms with van der Waals surface area (Å²) < 4.78 is 10.6. The van der Waals surface area contributed by atoms with E-state index in [-0.39, 0.29) is 18.4 Å². The summed E-state index contributed by atoms with van der Waals surface area (Å²) in [6, 6.07) is 3.48. The van der Waals surface area contributed by atoms with E-state index in [1.54, 1.807) is 39.2 Å². The van der Waals surface area contributed by atoms with Crippen molar-refractivity contribution in [2.24, 2.45) is 5.73 Å². The van der Waals surface area contributed by atoms with Gasteiger partial charge in [-0.15, -0.1) is 0 Å². The zero-order valence-electron chi connectivity index (χ0n) is 12.2. The van der Waals surface area contributed by atoms with Crippen molar-refractivity contribution in [2.45, 2.75) is 26.3 Å². The van der Waals surface area contributed by atoms with Crippen LogP contribution in [0.3, 0.4) is 0 Å². The Morgan fingerprint density at radius 1 is 1.32 bits per heavy atom. The van der Waals surface area contributed by atoms with Gasteiger partial charge in [0.25, 0.3) is 0 Å². The van der Waals surface area contributed by atoms with E-state index in [1.165, 1.54) is 0 Å². The van der Waals surface area contributed by atoms with Crippen LogP contribution >= 0.6 is 0 Å². The number of nitrogens with two attached hydrogens (primary N) is 1. The van der Waals surface area contributed by atoms with Gasteiger partial charge in [-0.2, -0.15) is 0 Å². The summed E-state index contributed by atoms with van der Waals surface area (Å²) in [6.07, 6.45) is 0.288. The van der Waals surface area contributed by atoms with Gasteiger partial charge in [-0.25, -0.2) is 0 Å². The fraction of sp³-hybridized carbons (Fsp3) is 0.500. The summed E-state index contributed by atoms with van der Waals surface area (Å²) in [4.78, 5) is 13.6. The largest absolute Gasteiger partial charge is 0.496 e. The molecule has 1 aromatic carbocycles. The van der Waals surface area contributed by atoms with E-state index in [2.05, 4.69) is 0 Å². The van der Waals surface area contributed by atoms with Crippen molar-refractivity contribution in [1.82, 2.24) is 0 Å². The quantitative estimate of drug-likeness (QED) is 0.881. The molecule has 0 aliphatic rings. The molecule has 5 nitrogen and oxygen atoms in total. The molecule has 2 N–H and O–H groups in total. The molecule has 1 atom stereocenters. The molecule has 1 unspecified atom stereocenters. The molecule has 106 valence electrons. The van der Waals surface area contributed by atoms with E-state index < -0.39 is 0 Å². The molecule has 0 aliphatic carbocycles. The number of hydrogen-bond donors (Lipinski definition) is 1. The second kappa shape index (κ2) is 6.43. The van der Waals surface area contributed by atoms with Gasteiger partial charge in [-0.3, -0.25) is 4.79 Å². The summed E-state index contributed by atoms with van der Waals surface area (Å²) in [5.41, 5.74) is 7.29. The fourth-order valence-electron chi connectivity index (χ4n) is 1.84. The maximum atomic E-state index is 12.1. The lowest BCUT2D eigenvalue weighted by atomic mass is 10.1. The molecule has 19 heavy (non-hydrogen) atoms. The average Bonchev–Trinajstić information content (AvgIpc) is 2.36. The number of benzene rings is 1. The maximum Gasteiger partial charge on any atom is 0.228 e. The minimum atomic E-state index is -0.173. The van der Waals surface area contributed by atoms with Crippen molar-refractivity contribution in [1.29, 1.82) is 0 Å². The smallest absolute Gasteiger partial charge is 0.228 e. The van der Waals surface area contributed by atoms with Crippen LogP contribution in [0.25, 0.3) is 0 Å². The predicted molar refractivity (Wildman–Crippen MR) is 76.0 cm³/mol. The Kier molecular flexibility index (Phi) is 5.18. The van der Waals surface area contributed by atoms with Crippen molar-refractivity contribution >= 4 is 11.6 Å². The summed E-state index contributed by atoms with van der Waals surface area (Å²) in [5, 5.41) is 0. The van der Waals surface area contributed by atoms with Gasteiger partial charge in [-0.1, -0.05) is 0 Å². The van der Waals surface area contributed by atoms with Crippen molar-refractivity contribution in [3.63, 3.8) is 0 Å². The highest BCUT2D eigenvalue weighted by Gasteiger charge is 2.18. The van der Waals surface area contributed by atoms with E-state index in [1.807, 2.05) is 13.0 Å². The van der Waals surface area contributed by atoms with Crippen LogP contribution in [0.5, 0.6) is 11.5 Å². The van der Waals surface area contributed by atoms with E-state index in [4.69, 9.17) is 15.2 Å². The van der Waals surface area contributed by atoms with Crippen LogP contribution in [-0.2, 0) is 4.79 Å². The number of rotatable bonds is 5. The lowest BCUT2D eigenvalue weighted by Crippen LogP contribution is -2.32. The van der Waals surface area contributed by atoms with Crippen LogP contribution in [0.4, 0.5) is 5.69 Å². The third-order valence-electron chi connectivity index (χ3n) is 2.93. The summed E-state index contributed by atoms with van der Waals surface area (Å²) in [5.74, 6) is 1.30. The molecule has 0 saturated carbocycles. The van der Waals surface area contributed by atoms with Crippen LogP contribution < -0.4 is 20.1 Å². The molecular formula is C14H22N2O3. The molecule has 0 aliphatic heterocycles. The zero-order valence-corrected chi connectivity index (χ0v) is 12.2. The molecule has 1 aromatic rings. The SMILES string of the molecule is COc1cc(N(C)C(=O)CC(C)N)c(OC)cc1C. The van der Waals surface area contributed by atoms with Crippen LogP contribution in [0.1, 0.15) is 18.9 Å². The molecule has 0 saturated heterocycles. The first-order valence-corrected chi connectivity index (χ1v) is 6.15. The number of anilines is 1. The number of carbonyl (C=O) groups is 1. The third kappa shape index (κ3) is 3.61. The van der Waals surface area contributed by atoms with Crippen molar-refractivity contribution in [2.75, 3.05) is 26.2 Å². The van der Waals surface area contributed by atoms with E-state index in [9.17, 15) is 4.79 Å². The molecule has 0 heterocycles. The van der Waals surface area contributed by atoms with Crippen molar-refractivity contribution in [3.05, 3.63) is 17.7 Å². The van der Waals surface area contributed by atoms with Gasteiger partial charge < -0.3 is 20.1 Å². The van der Waals surface area contributed by atoms with Gasteiger partial charge in [-0.05, 0) is 25.5 Å². The highest BCUT2D eigenvalue weighted by Crippen LogP contribution is 2.34. The highest BCUT2D eigenvalue weighted by atomic mass is 16.5. The van der Waals surface area contributed by atoms with Gasteiger partial charge >= 0.3 is 0 Å².